The normalized spacial score (nSPS) is 14.6. The van der Waals surface area contributed by atoms with E-state index in [-0.39, 0.29) is 23.5 Å². The van der Waals surface area contributed by atoms with E-state index in [1.54, 1.807) is 34.1 Å². The van der Waals surface area contributed by atoms with Crippen molar-refractivity contribution < 1.29 is 14.2 Å². The zero-order valence-electron chi connectivity index (χ0n) is 14.5. The number of anilines is 2. The highest BCUT2D eigenvalue weighted by Crippen LogP contribution is 2.19. The molecule has 1 aliphatic heterocycles. The van der Waals surface area contributed by atoms with Crippen molar-refractivity contribution in [3.63, 3.8) is 0 Å². The van der Waals surface area contributed by atoms with Crippen molar-refractivity contribution in [2.24, 2.45) is 0 Å². The molecule has 0 spiro atoms. The van der Waals surface area contributed by atoms with E-state index in [0.29, 0.717) is 43.3 Å². The summed E-state index contributed by atoms with van der Waals surface area (Å²) in [4.78, 5) is 28.2. The van der Waals surface area contributed by atoms with Crippen LogP contribution in [0.3, 0.4) is 0 Å². The maximum absolute atomic E-state index is 12.5. The van der Waals surface area contributed by atoms with E-state index in [4.69, 9.17) is 17.3 Å². The number of carbonyl (C=O) groups is 2. The first-order valence-electron chi connectivity index (χ1n) is 8.34. The molecule has 2 aromatic rings. The molecule has 1 fully saturated rings. The summed E-state index contributed by atoms with van der Waals surface area (Å²) in [5.41, 5.74) is 7.01. The number of rotatable bonds is 3. The van der Waals surface area contributed by atoms with Crippen LogP contribution in [0.2, 0.25) is 0 Å². The second kappa shape index (κ2) is 8.09. The van der Waals surface area contributed by atoms with Gasteiger partial charge in [0.05, 0.1) is 0 Å². The number of nitrogens with two attached hydrogens (primary N) is 1. The Bertz CT molecular complexity index is 851. The molecule has 3 rings (SSSR count). The quantitative estimate of drug-likeness (QED) is 0.829. The van der Waals surface area contributed by atoms with Gasteiger partial charge in [-0.3, -0.25) is 4.79 Å². The molecular formula is C17H19ClN6O3. The van der Waals surface area contributed by atoms with E-state index in [2.05, 4.69) is 26.8 Å². The van der Waals surface area contributed by atoms with Gasteiger partial charge in [-0.15, -0.1) is 0 Å². The number of hydrogen-bond acceptors (Lipinski definition) is 6. The summed E-state index contributed by atoms with van der Waals surface area (Å²) in [7, 11) is 0. The highest BCUT2D eigenvalue weighted by molar-refractivity contribution is 6.48. The minimum Gasteiger partial charge on any atom is -0.379 e. The fourth-order valence-corrected chi connectivity index (χ4v) is 2.88. The molecule has 3 amide bonds. The van der Waals surface area contributed by atoms with E-state index >= 15 is 0 Å². The highest BCUT2D eigenvalue weighted by Gasteiger charge is 2.26. The van der Waals surface area contributed by atoms with Crippen LogP contribution in [0.5, 0.6) is 0 Å². The standard InChI is InChI=1S/C17H19ClN6O3/c1-11(18)12-3-5-13(6-4-12)20-17(26)24-8-2-7-23(9-10-24)16(25)14-15(19)22-27-21-14/h3-6H,1-2,7-10H2,(H2,19,22)(H,20,26). The minimum absolute atomic E-state index is 0.00568. The predicted octanol–water partition coefficient (Wildman–Crippen LogP) is 2.24. The number of carbonyl (C=O) groups excluding carboxylic acids is 2. The third-order valence-corrected chi connectivity index (χ3v) is 4.45. The van der Waals surface area contributed by atoms with Gasteiger partial charge in [-0.05, 0) is 34.4 Å². The first kappa shape index (κ1) is 18.7. The van der Waals surface area contributed by atoms with E-state index in [9.17, 15) is 9.59 Å². The molecule has 3 N–H and O–H groups in total. The third kappa shape index (κ3) is 4.37. The van der Waals surface area contributed by atoms with Crippen LogP contribution in [0.25, 0.3) is 5.03 Å². The van der Waals surface area contributed by atoms with Crippen LogP contribution in [0.1, 0.15) is 22.5 Å². The van der Waals surface area contributed by atoms with Gasteiger partial charge in [0, 0.05) is 36.9 Å². The van der Waals surface area contributed by atoms with E-state index < -0.39 is 0 Å². The molecular weight excluding hydrogens is 372 g/mol. The molecule has 10 heteroatoms. The fraction of sp³-hybridized carbons (Fsp3) is 0.294. The average molecular weight is 391 g/mol. The van der Waals surface area contributed by atoms with Crippen molar-refractivity contribution >= 4 is 40.1 Å². The van der Waals surface area contributed by atoms with Crippen molar-refractivity contribution in [1.82, 2.24) is 20.1 Å². The molecule has 0 unspecified atom stereocenters. The second-order valence-electron chi connectivity index (χ2n) is 6.04. The Kier molecular flexibility index (Phi) is 5.60. The van der Waals surface area contributed by atoms with Crippen LogP contribution in [-0.2, 0) is 0 Å². The molecule has 2 heterocycles. The van der Waals surface area contributed by atoms with Crippen molar-refractivity contribution in [3.05, 3.63) is 42.1 Å². The first-order valence-corrected chi connectivity index (χ1v) is 8.71. The summed E-state index contributed by atoms with van der Waals surface area (Å²) in [6.45, 7) is 5.43. The summed E-state index contributed by atoms with van der Waals surface area (Å²) in [5, 5.41) is 10.2. The Morgan fingerprint density at radius 1 is 1.11 bits per heavy atom. The topological polar surface area (TPSA) is 118 Å². The lowest BCUT2D eigenvalue weighted by molar-refractivity contribution is 0.0752. The Labute approximate surface area is 160 Å². The molecule has 1 aromatic heterocycles. The Morgan fingerprint density at radius 3 is 2.41 bits per heavy atom. The monoisotopic (exact) mass is 390 g/mol. The third-order valence-electron chi connectivity index (χ3n) is 4.24. The lowest BCUT2D eigenvalue weighted by Gasteiger charge is -2.22. The Morgan fingerprint density at radius 2 is 1.78 bits per heavy atom. The van der Waals surface area contributed by atoms with Crippen LogP contribution >= 0.6 is 11.6 Å². The fourth-order valence-electron chi connectivity index (χ4n) is 2.75. The van der Waals surface area contributed by atoms with Crippen molar-refractivity contribution in [2.75, 3.05) is 37.2 Å². The van der Waals surface area contributed by atoms with Gasteiger partial charge in [0.15, 0.2) is 0 Å². The lowest BCUT2D eigenvalue weighted by Crippen LogP contribution is -2.39. The second-order valence-corrected chi connectivity index (χ2v) is 6.50. The van der Waals surface area contributed by atoms with Crippen molar-refractivity contribution in [3.8, 4) is 0 Å². The average Bonchev–Trinajstić information content (AvgIpc) is 2.92. The highest BCUT2D eigenvalue weighted by atomic mass is 35.5. The molecule has 0 saturated carbocycles. The smallest absolute Gasteiger partial charge is 0.321 e. The number of nitrogens with zero attached hydrogens (tertiary/aromatic N) is 4. The van der Waals surface area contributed by atoms with E-state index in [1.165, 1.54) is 0 Å². The first-order chi connectivity index (χ1) is 13.0. The van der Waals surface area contributed by atoms with E-state index in [0.717, 1.165) is 5.56 Å². The molecule has 1 aliphatic rings. The van der Waals surface area contributed by atoms with Crippen molar-refractivity contribution in [2.45, 2.75) is 6.42 Å². The SMILES string of the molecule is C=C(Cl)c1ccc(NC(=O)N2CCCN(C(=O)c3nonc3N)CC2)cc1. The summed E-state index contributed by atoms with van der Waals surface area (Å²) < 4.78 is 4.48. The van der Waals surface area contributed by atoms with Crippen LogP contribution in [0.4, 0.5) is 16.3 Å². The van der Waals surface area contributed by atoms with Gasteiger partial charge in [-0.1, -0.05) is 30.3 Å². The number of nitrogens with one attached hydrogen (secondary N) is 1. The van der Waals surface area contributed by atoms with Crippen LogP contribution in [-0.4, -0.2) is 58.2 Å². The number of amides is 3. The molecule has 1 aromatic carbocycles. The predicted molar refractivity (Wildman–Crippen MR) is 101 cm³/mol. The summed E-state index contributed by atoms with van der Waals surface area (Å²) >= 11 is 5.84. The van der Waals surface area contributed by atoms with Gasteiger partial charge >= 0.3 is 6.03 Å². The van der Waals surface area contributed by atoms with E-state index in [1.807, 2.05) is 0 Å². The molecule has 0 atom stereocenters. The number of halogens is 1. The number of urea groups is 1. The molecule has 1 saturated heterocycles. The maximum Gasteiger partial charge on any atom is 0.321 e. The van der Waals surface area contributed by atoms with Gasteiger partial charge in [-0.2, -0.15) is 0 Å². The Balaban J connectivity index is 1.58. The number of nitrogen functional groups attached to an aromatic ring is 1. The minimum atomic E-state index is -0.354. The van der Waals surface area contributed by atoms with Gasteiger partial charge in [0.1, 0.15) is 0 Å². The zero-order chi connectivity index (χ0) is 19.4. The van der Waals surface area contributed by atoms with Crippen LogP contribution < -0.4 is 11.1 Å². The zero-order valence-corrected chi connectivity index (χ0v) is 15.3. The van der Waals surface area contributed by atoms with Crippen molar-refractivity contribution in [1.29, 1.82) is 0 Å². The summed E-state index contributed by atoms with van der Waals surface area (Å²) in [6, 6.07) is 6.85. The number of benzene rings is 1. The van der Waals surface area contributed by atoms with Gasteiger partial charge in [0.2, 0.25) is 11.5 Å². The largest absolute Gasteiger partial charge is 0.379 e. The number of aromatic nitrogens is 2. The van der Waals surface area contributed by atoms with Gasteiger partial charge in [-0.25, -0.2) is 9.42 Å². The lowest BCUT2D eigenvalue weighted by atomic mass is 10.2. The molecule has 27 heavy (non-hydrogen) atoms. The molecule has 0 aliphatic carbocycles. The molecule has 9 nitrogen and oxygen atoms in total. The van der Waals surface area contributed by atoms with Gasteiger partial charge < -0.3 is 20.9 Å². The molecule has 0 bridgehead atoms. The Hall–Kier alpha value is -3.07. The number of hydrogen-bond donors (Lipinski definition) is 2. The molecule has 0 radical (unpaired) electrons. The van der Waals surface area contributed by atoms with Crippen LogP contribution in [0, 0.1) is 0 Å². The summed E-state index contributed by atoms with van der Waals surface area (Å²) in [5.74, 6) is -0.394. The maximum atomic E-state index is 12.5. The van der Waals surface area contributed by atoms with Gasteiger partial charge in [0.25, 0.3) is 5.91 Å². The molecule has 142 valence electrons. The van der Waals surface area contributed by atoms with Crippen LogP contribution in [0.15, 0.2) is 35.5 Å². The summed E-state index contributed by atoms with van der Waals surface area (Å²) in [6.07, 6.45) is 0.634.